The zero-order valence-corrected chi connectivity index (χ0v) is 16.1. The lowest BCUT2D eigenvalue weighted by atomic mass is 9.89. The highest BCUT2D eigenvalue weighted by Gasteiger charge is 2.23. The zero-order valence-electron chi connectivity index (χ0n) is 15.3. The molecule has 0 N–H and O–H groups in total. The molecular formula is C21H24N2O2S. The van der Waals surface area contributed by atoms with Crippen LogP contribution in [0.3, 0.4) is 0 Å². The van der Waals surface area contributed by atoms with Gasteiger partial charge in [0.2, 0.25) is 0 Å². The monoisotopic (exact) mass is 368 g/mol. The Kier molecular flexibility index (Phi) is 4.81. The molecule has 1 aliphatic carbocycles. The number of rotatable bonds is 5. The van der Waals surface area contributed by atoms with Crippen molar-refractivity contribution < 1.29 is 4.74 Å². The molecule has 1 aromatic carbocycles. The van der Waals surface area contributed by atoms with Gasteiger partial charge in [-0.05, 0) is 56.2 Å². The summed E-state index contributed by atoms with van der Waals surface area (Å²) in [7, 11) is 0. The maximum atomic E-state index is 12.9. The summed E-state index contributed by atoms with van der Waals surface area (Å²) in [5.74, 6) is 1.58. The van der Waals surface area contributed by atoms with Crippen molar-refractivity contribution in [2.45, 2.75) is 46.1 Å². The maximum Gasteiger partial charge on any atom is 0.262 e. The molecule has 4 nitrogen and oxygen atoms in total. The maximum absolute atomic E-state index is 12.9. The Morgan fingerprint density at radius 2 is 2.12 bits per heavy atom. The van der Waals surface area contributed by atoms with E-state index in [1.165, 1.54) is 16.0 Å². The van der Waals surface area contributed by atoms with Crippen LogP contribution in [0.5, 0.6) is 5.75 Å². The highest BCUT2D eigenvalue weighted by molar-refractivity contribution is 7.18. The van der Waals surface area contributed by atoms with Gasteiger partial charge in [0.1, 0.15) is 10.6 Å². The molecule has 0 fully saturated rings. The number of hydrogen-bond acceptors (Lipinski definition) is 4. The van der Waals surface area contributed by atoms with Crippen molar-refractivity contribution in [3.63, 3.8) is 0 Å². The average Bonchev–Trinajstić information content (AvgIpc) is 3.00. The Bertz CT molecular complexity index is 972. The molecule has 5 heteroatoms. The number of fused-ring (bicyclic) bond motifs is 3. The van der Waals surface area contributed by atoms with E-state index in [9.17, 15) is 4.79 Å². The second-order valence-electron chi connectivity index (χ2n) is 7.29. The van der Waals surface area contributed by atoms with E-state index >= 15 is 0 Å². The lowest BCUT2D eigenvalue weighted by molar-refractivity contribution is 0.300. The van der Waals surface area contributed by atoms with Crippen molar-refractivity contribution in [3.05, 3.63) is 57.0 Å². The fraction of sp³-hybridized carbons (Fsp3) is 0.429. The highest BCUT2D eigenvalue weighted by Crippen LogP contribution is 2.35. The van der Waals surface area contributed by atoms with Crippen LogP contribution in [0, 0.1) is 12.8 Å². The molecule has 4 rings (SSSR count). The molecule has 2 heterocycles. The normalized spacial score (nSPS) is 16.6. The van der Waals surface area contributed by atoms with Gasteiger partial charge >= 0.3 is 0 Å². The van der Waals surface area contributed by atoms with Gasteiger partial charge in [0.15, 0.2) is 0 Å². The number of hydrogen-bond donors (Lipinski definition) is 0. The van der Waals surface area contributed by atoms with Crippen LogP contribution in [0.2, 0.25) is 0 Å². The third-order valence-electron chi connectivity index (χ3n) is 5.12. The van der Waals surface area contributed by atoms with Gasteiger partial charge in [0.05, 0.1) is 18.3 Å². The quantitative estimate of drug-likeness (QED) is 0.629. The first-order valence-corrected chi connectivity index (χ1v) is 10.1. The number of thiophene rings is 1. The summed E-state index contributed by atoms with van der Waals surface area (Å²) in [6.45, 7) is 5.57. The second kappa shape index (κ2) is 7.23. The van der Waals surface area contributed by atoms with Gasteiger partial charge in [-0.25, -0.2) is 4.98 Å². The van der Waals surface area contributed by atoms with E-state index < -0.39 is 0 Å². The molecule has 0 spiro atoms. The molecule has 0 bridgehead atoms. The van der Waals surface area contributed by atoms with Crippen LogP contribution < -0.4 is 10.3 Å². The van der Waals surface area contributed by atoms with E-state index in [0.29, 0.717) is 19.1 Å². The van der Waals surface area contributed by atoms with Crippen molar-refractivity contribution in [2.24, 2.45) is 5.92 Å². The van der Waals surface area contributed by atoms with E-state index in [2.05, 4.69) is 18.8 Å². The van der Waals surface area contributed by atoms with Crippen molar-refractivity contribution in [2.75, 3.05) is 6.61 Å². The van der Waals surface area contributed by atoms with Crippen LogP contribution in [-0.2, 0) is 19.4 Å². The van der Waals surface area contributed by atoms with E-state index in [0.717, 1.165) is 41.6 Å². The summed E-state index contributed by atoms with van der Waals surface area (Å²) in [6, 6.07) is 8.04. The summed E-state index contributed by atoms with van der Waals surface area (Å²) >= 11 is 1.70. The summed E-state index contributed by atoms with van der Waals surface area (Å²) in [5, 5.41) is 0.860. The lowest BCUT2D eigenvalue weighted by Crippen LogP contribution is -2.22. The molecule has 26 heavy (non-hydrogen) atoms. The SMILES string of the molecule is Cc1ccc(OCCCn2cnc3sc4c(c3c2=O)CC[C@H](C)C4)cc1. The minimum Gasteiger partial charge on any atom is -0.494 e. The second-order valence-corrected chi connectivity index (χ2v) is 8.37. The van der Waals surface area contributed by atoms with E-state index in [1.54, 1.807) is 22.2 Å². The Morgan fingerprint density at radius 1 is 1.31 bits per heavy atom. The van der Waals surface area contributed by atoms with Gasteiger partial charge in [-0.3, -0.25) is 9.36 Å². The van der Waals surface area contributed by atoms with Crippen molar-refractivity contribution in [3.8, 4) is 5.75 Å². The van der Waals surface area contributed by atoms with E-state index in [-0.39, 0.29) is 5.56 Å². The van der Waals surface area contributed by atoms with Crippen LogP contribution in [0.4, 0.5) is 0 Å². The van der Waals surface area contributed by atoms with Gasteiger partial charge in [-0.1, -0.05) is 24.6 Å². The van der Waals surface area contributed by atoms with Gasteiger partial charge in [-0.15, -0.1) is 11.3 Å². The molecule has 0 saturated heterocycles. The Balaban J connectivity index is 1.46. The molecule has 0 unspecified atom stereocenters. The molecule has 0 saturated carbocycles. The summed E-state index contributed by atoms with van der Waals surface area (Å²) < 4.78 is 7.51. The molecule has 3 aromatic rings. The number of aromatic nitrogens is 2. The summed E-state index contributed by atoms with van der Waals surface area (Å²) in [5.41, 5.74) is 2.58. The summed E-state index contributed by atoms with van der Waals surface area (Å²) in [6.07, 6.45) is 5.73. The molecular weight excluding hydrogens is 344 g/mol. The average molecular weight is 369 g/mol. The molecule has 1 atom stereocenters. The van der Waals surface area contributed by atoms with Crippen LogP contribution >= 0.6 is 11.3 Å². The Hall–Kier alpha value is -2.14. The van der Waals surface area contributed by atoms with E-state index in [4.69, 9.17) is 4.74 Å². The molecule has 0 aliphatic heterocycles. The largest absolute Gasteiger partial charge is 0.494 e. The van der Waals surface area contributed by atoms with Gasteiger partial charge in [0.25, 0.3) is 5.56 Å². The van der Waals surface area contributed by atoms with Crippen molar-refractivity contribution >= 4 is 21.6 Å². The number of aryl methyl sites for hydroxylation is 3. The van der Waals surface area contributed by atoms with Crippen LogP contribution in [0.25, 0.3) is 10.2 Å². The fourth-order valence-electron chi connectivity index (χ4n) is 3.58. The minimum absolute atomic E-state index is 0.109. The molecule has 2 aromatic heterocycles. The number of nitrogens with zero attached hydrogens (tertiary/aromatic N) is 2. The third-order valence-corrected chi connectivity index (χ3v) is 6.28. The fourth-order valence-corrected chi connectivity index (χ4v) is 4.93. The van der Waals surface area contributed by atoms with Gasteiger partial charge in [-0.2, -0.15) is 0 Å². The topological polar surface area (TPSA) is 44.1 Å². The van der Waals surface area contributed by atoms with Crippen molar-refractivity contribution in [1.82, 2.24) is 9.55 Å². The first-order valence-electron chi connectivity index (χ1n) is 9.31. The van der Waals surface area contributed by atoms with Crippen LogP contribution in [0.15, 0.2) is 35.4 Å². The highest BCUT2D eigenvalue weighted by atomic mass is 32.1. The predicted octanol–water partition coefficient (Wildman–Crippen LogP) is 4.36. The van der Waals surface area contributed by atoms with Gasteiger partial charge < -0.3 is 4.74 Å². The Morgan fingerprint density at radius 3 is 2.92 bits per heavy atom. The Labute approximate surface area is 157 Å². The van der Waals surface area contributed by atoms with Crippen LogP contribution in [0.1, 0.15) is 35.8 Å². The first kappa shape index (κ1) is 17.3. The van der Waals surface area contributed by atoms with Crippen molar-refractivity contribution in [1.29, 1.82) is 0 Å². The molecule has 136 valence electrons. The van der Waals surface area contributed by atoms with Crippen LogP contribution in [-0.4, -0.2) is 16.2 Å². The lowest BCUT2D eigenvalue weighted by Gasteiger charge is -2.17. The molecule has 0 amide bonds. The number of ether oxygens (including phenoxy) is 1. The number of benzene rings is 1. The van der Waals surface area contributed by atoms with E-state index in [1.807, 2.05) is 24.3 Å². The smallest absolute Gasteiger partial charge is 0.262 e. The summed E-state index contributed by atoms with van der Waals surface area (Å²) in [4.78, 5) is 19.8. The third kappa shape index (κ3) is 3.40. The molecule has 1 aliphatic rings. The van der Waals surface area contributed by atoms with Gasteiger partial charge in [0, 0.05) is 11.4 Å². The molecule has 0 radical (unpaired) electrons. The zero-order chi connectivity index (χ0) is 18.1. The predicted molar refractivity (Wildman–Crippen MR) is 106 cm³/mol. The minimum atomic E-state index is 0.109. The standard InChI is InChI=1S/C21H24N2O2S/c1-14-4-7-16(8-5-14)25-11-3-10-23-13-22-20-19(21(23)24)17-9-6-15(2)12-18(17)26-20/h4-5,7-8,13,15H,3,6,9-12H2,1-2H3/t15-/m0/s1. The first-order chi connectivity index (χ1) is 12.6.